The molecular formula is C10H9F11O5OsS2Y-. The maximum Gasteiger partial charge on any atom is 1.00 e. The van der Waals surface area contributed by atoms with Crippen LogP contribution >= 0.6 is 0 Å². The van der Waals surface area contributed by atoms with Crippen molar-refractivity contribution in [2.45, 2.75) is 6.43 Å². The van der Waals surface area contributed by atoms with E-state index in [1.54, 1.807) is 0 Å². The van der Waals surface area contributed by atoms with Gasteiger partial charge in [-0.05, 0) is 0 Å². The van der Waals surface area contributed by atoms with Crippen LogP contribution in [0.1, 0.15) is 0 Å². The van der Waals surface area contributed by atoms with Gasteiger partial charge >= 0.3 is 25.9 Å². The minimum atomic E-state index is -5.58. The minimum Gasteiger partial charge on any atom is -0.499 e. The third kappa shape index (κ3) is 32.7. The van der Waals surface area contributed by atoms with Gasteiger partial charge in [0.15, 0.2) is 6.68 Å². The van der Waals surface area contributed by atoms with Crippen LogP contribution in [-0.2, 0) is 77.7 Å². The van der Waals surface area contributed by atoms with Gasteiger partial charge in [0.2, 0.25) is 6.43 Å². The standard InChI is InChI=1S/C6H5F6O4S2.C3H4F2O.CF3.Os.Y/c7-5(8)4(6(9)10)3(1-17(11,13)14)2-18(12,15)16;1-6-2-3(4)5;2-1(3)4;;/h5H,1-2H2;2H,1H3;;;/q-1;;-1;+1;. The summed E-state index contributed by atoms with van der Waals surface area (Å²) >= 11 is 0. The van der Waals surface area contributed by atoms with Gasteiger partial charge in [-0.15, -0.1) is 7.77 Å². The molecule has 0 aliphatic heterocycles. The van der Waals surface area contributed by atoms with Gasteiger partial charge in [-0.1, -0.05) is 5.57 Å². The fourth-order valence-electron chi connectivity index (χ4n) is 1.07. The average Bonchev–Trinajstić information content (AvgIpc) is 2.32. The molecule has 0 fully saturated rings. The molecule has 5 nitrogen and oxygen atoms in total. The van der Waals surface area contributed by atoms with E-state index in [4.69, 9.17) is 0 Å². The zero-order valence-electron chi connectivity index (χ0n) is 14.0. The predicted molar refractivity (Wildman–Crippen MR) is 72.2 cm³/mol. The van der Waals surface area contributed by atoms with E-state index < -0.39 is 68.7 Å². The molecule has 20 heteroatoms. The second-order valence-corrected chi connectivity index (χ2v) is 6.53. The second-order valence-electron chi connectivity index (χ2n) is 3.80. The number of methoxy groups -OCH3 is 1. The van der Waals surface area contributed by atoms with Crippen molar-refractivity contribution in [1.82, 2.24) is 0 Å². The third-order valence-corrected chi connectivity index (χ3v) is 3.09. The summed E-state index contributed by atoms with van der Waals surface area (Å²) in [6.45, 7) is -3.08. The van der Waals surface area contributed by atoms with Gasteiger partial charge in [-0.25, -0.2) is 8.78 Å². The second kappa shape index (κ2) is 19.7. The summed E-state index contributed by atoms with van der Waals surface area (Å²) in [4.78, 5) is 0. The molecular weight excluding hydrogens is 752 g/mol. The van der Waals surface area contributed by atoms with E-state index in [1.165, 1.54) is 7.11 Å². The van der Waals surface area contributed by atoms with Crippen LogP contribution in [0.15, 0.2) is 24.0 Å². The molecule has 0 unspecified atom stereocenters. The zero-order valence-corrected chi connectivity index (χ0v) is 21.0. The Bertz CT molecular complexity index is 671. The molecule has 0 aromatic rings. The Kier molecular flexibility index (Phi) is 26.5. The zero-order chi connectivity index (χ0) is 23.3. The van der Waals surface area contributed by atoms with E-state index in [2.05, 4.69) is 4.74 Å². The topological polar surface area (TPSA) is 77.5 Å². The van der Waals surface area contributed by atoms with E-state index >= 15 is 0 Å². The van der Waals surface area contributed by atoms with Crippen LogP contribution in [0.2, 0.25) is 0 Å². The molecule has 0 bridgehead atoms. The number of hydrogen-bond acceptors (Lipinski definition) is 5. The van der Waals surface area contributed by atoms with E-state index in [-0.39, 0.29) is 52.5 Å². The van der Waals surface area contributed by atoms with Gasteiger partial charge in [0, 0.05) is 44.2 Å². The quantitative estimate of drug-likeness (QED) is 0.168. The van der Waals surface area contributed by atoms with Crippen molar-refractivity contribution in [2.75, 3.05) is 18.6 Å². The maximum absolute atomic E-state index is 12.2. The Morgan fingerprint density at radius 3 is 1.33 bits per heavy atom. The Hall–Kier alpha value is 0.0203. The molecule has 180 valence electrons. The van der Waals surface area contributed by atoms with Crippen LogP contribution in [0.4, 0.5) is 47.3 Å². The summed E-state index contributed by atoms with van der Waals surface area (Å²) in [5.41, 5.74) is -2.29. The first kappa shape index (κ1) is 40.4. The Labute approximate surface area is 202 Å². The van der Waals surface area contributed by atoms with Gasteiger partial charge < -0.3 is 17.9 Å². The third-order valence-electron chi connectivity index (χ3n) is 1.70. The van der Waals surface area contributed by atoms with Crippen molar-refractivity contribution in [3.05, 3.63) is 36.6 Å². The van der Waals surface area contributed by atoms with E-state index in [0.717, 1.165) is 0 Å². The number of halogens is 11. The van der Waals surface area contributed by atoms with Crippen LogP contribution in [-0.4, -0.2) is 41.9 Å². The maximum atomic E-state index is 12.2. The SMILES string of the molecule is COC=C(F)F.F[C-](F)F.O=S(=O)(F)C[C-](CS(=O)(=O)F)C(=C(F)F)C(F)F.[Os+].[Y]. The smallest absolute Gasteiger partial charge is 0.499 e. The Morgan fingerprint density at radius 2 is 1.23 bits per heavy atom. The Morgan fingerprint density at radius 1 is 0.933 bits per heavy atom. The summed E-state index contributed by atoms with van der Waals surface area (Å²) < 4.78 is 168. The normalized spacial score (nSPS) is 10.2. The summed E-state index contributed by atoms with van der Waals surface area (Å²) in [5.74, 6) is -5.88. The first-order valence-electron chi connectivity index (χ1n) is 5.74. The fourth-order valence-corrected chi connectivity index (χ4v) is 2.55. The summed E-state index contributed by atoms with van der Waals surface area (Å²) in [6.07, 6.45) is -8.53. The van der Waals surface area contributed by atoms with Crippen molar-refractivity contribution < 1.29 is 121 Å². The molecule has 2 radical (unpaired) electrons. The van der Waals surface area contributed by atoms with E-state index in [9.17, 15) is 64.1 Å². The van der Waals surface area contributed by atoms with Crippen LogP contribution in [0, 0.1) is 12.6 Å². The molecule has 0 aliphatic rings. The monoisotopic (exact) mass is 763 g/mol. The largest absolute Gasteiger partial charge is 1.00 e. The number of allylic oxidation sites excluding steroid dienone is 1. The molecule has 30 heavy (non-hydrogen) atoms. The molecule has 0 heterocycles. The molecule has 0 atom stereocenters. The van der Waals surface area contributed by atoms with Crippen molar-refractivity contribution in [3.8, 4) is 0 Å². The molecule has 0 saturated carbocycles. The van der Waals surface area contributed by atoms with Gasteiger partial charge in [0.05, 0.1) is 7.11 Å². The van der Waals surface area contributed by atoms with Crippen molar-refractivity contribution >= 4 is 20.4 Å². The van der Waals surface area contributed by atoms with Crippen LogP contribution < -0.4 is 0 Å². The van der Waals surface area contributed by atoms with Crippen molar-refractivity contribution in [1.29, 1.82) is 0 Å². The average molecular weight is 761 g/mol. The molecule has 0 amide bonds. The molecule has 0 aromatic carbocycles. The van der Waals surface area contributed by atoms with Crippen LogP contribution in [0.5, 0.6) is 0 Å². The number of rotatable bonds is 7. The summed E-state index contributed by atoms with van der Waals surface area (Å²) in [6, 6.07) is 0. The molecule has 0 saturated heterocycles. The van der Waals surface area contributed by atoms with E-state index in [0.29, 0.717) is 6.26 Å². The van der Waals surface area contributed by atoms with Gasteiger partial charge in [0.25, 0.3) is 20.4 Å². The number of alkyl halides is 2. The van der Waals surface area contributed by atoms with Gasteiger partial charge in [0.1, 0.15) is 12.3 Å². The van der Waals surface area contributed by atoms with Gasteiger partial charge in [-0.3, -0.25) is 8.78 Å². The minimum absolute atomic E-state index is 0. The fraction of sp³-hybridized carbons (Fsp3) is 0.400. The molecule has 0 N–H and O–H groups in total. The van der Waals surface area contributed by atoms with Crippen LogP contribution in [0.25, 0.3) is 0 Å². The van der Waals surface area contributed by atoms with Crippen molar-refractivity contribution in [2.24, 2.45) is 0 Å². The molecule has 0 aliphatic carbocycles. The molecule has 0 spiro atoms. The first-order valence-corrected chi connectivity index (χ1v) is 8.85. The summed E-state index contributed by atoms with van der Waals surface area (Å²) in [7, 11) is -9.99. The number of ether oxygens (including phenoxy) is 1. The summed E-state index contributed by atoms with van der Waals surface area (Å²) in [5, 5.41) is 0. The molecule has 0 rings (SSSR count). The Balaban J connectivity index is -0.000000145. The van der Waals surface area contributed by atoms with Crippen molar-refractivity contribution in [3.63, 3.8) is 0 Å². The number of hydrogen-bond donors (Lipinski definition) is 0. The first-order chi connectivity index (χ1) is 12.3. The predicted octanol–water partition coefficient (Wildman–Crippen LogP) is 4.28. The molecule has 0 aromatic heterocycles. The van der Waals surface area contributed by atoms with Crippen LogP contribution in [0.3, 0.4) is 0 Å². The van der Waals surface area contributed by atoms with E-state index in [1.807, 2.05) is 0 Å². The van der Waals surface area contributed by atoms with Gasteiger partial charge in [-0.2, -0.15) is 31.5 Å².